The quantitative estimate of drug-likeness (QED) is 0.808. The first-order chi connectivity index (χ1) is 8.83. The van der Waals surface area contributed by atoms with Crippen LogP contribution in [0.1, 0.15) is 12.5 Å². The molecule has 0 aliphatic carbocycles. The van der Waals surface area contributed by atoms with Gasteiger partial charge in [0.05, 0.1) is 7.11 Å². The number of anilines is 1. The average molecular weight is 243 g/mol. The van der Waals surface area contributed by atoms with Gasteiger partial charge in [-0.05, 0) is 30.7 Å². The van der Waals surface area contributed by atoms with Crippen molar-refractivity contribution in [3.63, 3.8) is 0 Å². The molecule has 0 amide bonds. The fourth-order valence-electron chi connectivity index (χ4n) is 1.73. The summed E-state index contributed by atoms with van der Waals surface area (Å²) >= 11 is 0. The van der Waals surface area contributed by atoms with E-state index in [-0.39, 0.29) is 0 Å². The van der Waals surface area contributed by atoms with Crippen molar-refractivity contribution in [1.82, 2.24) is 9.97 Å². The van der Waals surface area contributed by atoms with Crippen LogP contribution in [-0.4, -0.2) is 23.6 Å². The topological polar surface area (TPSA) is 38.2 Å². The zero-order valence-corrected chi connectivity index (χ0v) is 10.7. The summed E-state index contributed by atoms with van der Waals surface area (Å²) in [6.45, 7) is 3.76. The van der Waals surface area contributed by atoms with Crippen molar-refractivity contribution in [2.24, 2.45) is 0 Å². The first-order valence-corrected chi connectivity index (χ1v) is 5.98. The molecule has 18 heavy (non-hydrogen) atoms. The maximum Gasteiger partial charge on any atom is 0.225 e. The van der Waals surface area contributed by atoms with E-state index in [9.17, 15) is 0 Å². The van der Waals surface area contributed by atoms with Gasteiger partial charge in [0.1, 0.15) is 5.75 Å². The van der Waals surface area contributed by atoms with Crippen molar-refractivity contribution in [3.05, 3.63) is 48.3 Å². The summed E-state index contributed by atoms with van der Waals surface area (Å²) in [5.41, 5.74) is 1.21. The lowest BCUT2D eigenvalue weighted by atomic mass is 10.2. The van der Waals surface area contributed by atoms with Crippen molar-refractivity contribution in [2.45, 2.75) is 13.5 Å². The molecule has 94 valence electrons. The van der Waals surface area contributed by atoms with Crippen molar-refractivity contribution in [3.8, 4) is 5.75 Å². The van der Waals surface area contributed by atoms with Crippen LogP contribution in [0.15, 0.2) is 42.7 Å². The molecule has 2 aromatic rings. The minimum absolute atomic E-state index is 0.760. The second-order valence-corrected chi connectivity index (χ2v) is 3.91. The fraction of sp³-hybridized carbons (Fsp3) is 0.286. The van der Waals surface area contributed by atoms with Crippen LogP contribution in [0.2, 0.25) is 0 Å². The van der Waals surface area contributed by atoms with Crippen LogP contribution in [0.4, 0.5) is 5.95 Å². The van der Waals surface area contributed by atoms with Crippen LogP contribution in [0.3, 0.4) is 0 Å². The van der Waals surface area contributed by atoms with Gasteiger partial charge < -0.3 is 9.64 Å². The van der Waals surface area contributed by atoms with Gasteiger partial charge in [0.2, 0.25) is 5.95 Å². The highest BCUT2D eigenvalue weighted by molar-refractivity contribution is 5.33. The summed E-state index contributed by atoms with van der Waals surface area (Å²) in [6.07, 6.45) is 3.53. The molecule has 0 radical (unpaired) electrons. The first kappa shape index (κ1) is 12.4. The first-order valence-electron chi connectivity index (χ1n) is 5.98. The number of ether oxygens (including phenoxy) is 1. The van der Waals surface area contributed by atoms with Crippen molar-refractivity contribution >= 4 is 5.95 Å². The maximum absolute atomic E-state index is 5.15. The zero-order valence-electron chi connectivity index (χ0n) is 10.7. The van der Waals surface area contributed by atoms with Crippen LogP contribution >= 0.6 is 0 Å². The van der Waals surface area contributed by atoms with E-state index < -0.39 is 0 Å². The molecule has 0 unspecified atom stereocenters. The standard InChI is InChI=1S/C14H17N3O/c1-3-17(14-15-9-4-10-16-14)11-12-5-7-13(18-2)8-6-12/h4-10H,3,11H2,1-2H3. The number of benzene rings is 1. The molecule has 0 saturated heterocycles. The van der Waals surface area contributed by atoms with Gasteiger partial charge in [-0.3, -0.25) is 0 Å². The van der Waals surface area contributed by atoms with Gasteiger partial charge in [-0.1, -0.05) is 12.1 Å². The van der Waals surface area contributed by atoms with Crippen LogP contribution in [0.25, 0.3) is 0 Å². The third-order valence-electron chi connectivity index (χ3n) is 2.75. The van der Waals surface area contributed by atoms with Gasteiger partial charge in [0, 0.05) is 25.5 Å². The Bertz CT molecular complexity index is 470. The molecule has 0 aliphatic heterocycles. The molecule has 0 bridgehead atoms. The van der Waals surface area contributed by atoms with E-state index in [4.69, 9.17) is 4.74 Å². The maximum atomic E-state index is 5.15. The summed E-state index contributed by atoms with van der Waals surface area (Å²) in [5.74, 6) is 1.63. The largest absolute Gasteiger partial charge is 0.497 e. The van der Waals surface area contributed by atoms with Crippen LogP contribution in [0, 0.1) is 0 Å². The van der Waals surface area contributed by atoms with Gasteiger partial charge in [-0.15, -0.1) is 0 Å². The van der Waals surface area contributed by atoms with E-state index in [2.05, 4.69) is 33.9 Å². The van der Waals surface area contributed by atoms with Gasteiger partial charge in [-0.25, -0.2) is 9.97 Å². The SMILES string of the molecule is CCN(Cc1ccc(OC)cc1)c1ncccn1. The van der Waals surface area contributed by atoms with E-state index in [0.717, 1.165) is 24.8 Å². The van der Waals surface area contributed by atoms with E-state index in [1.807, 2.05) is 18.2 Å². The summed E-state index contributed by atoms with van der Waals surface area (Å²) < 4.78 is 5.15. The second-order valence-electron chi connectivity index (χ2n) is 3.91. The average Bonchev–Trinajstić information content (AvgIpc) is 2.46. The third kappa shape index (κ3) is 2.97. The number of hydrogen-bond acceptors (Lipinski definition) is 4. The highest BCUT2D eigenvalue weighted by atomic mass is 16.5. The van der Waals surface area contributed by atoms with Crippen LogP contribution < -0.4 is 9.64 Å². The zero-order chi connectivity index (χ0) is 12.8. The van der Waals surface area contributed by atoms with Gasteiger partial charge >= 0.3 is 0 Å². The van der Waals surface area contributed by atoms with Crippen molar-refractivity contribution in [2.75, 3.05) is 18.6 Å². The Balaban J connectivity index is 2.10. The van der Waals surface area contributed by atoms with E-state index in [1.165, 1.54) is 5.56 Å². The molecule has 0 fully saturated rings. The molecule has 0 saturated carbocycles. The molecule has 1 heterocycles. The fourth-order valence-corrected chi connectivity index (χ4v) is 1.73. The Kier molecular flexibility index (Phi) is 4.12. The second kappa shape index (κ2) is 6.00. The molecule has 0 spiro atoms. The monoisotopic (exact) mass is 243 g/mol. The van der Waals surface area contributed by atoms with Gasteiger partial charge in [0.15, 0.2) is 0 Å². The molecule has 0 aliphatic rings. The molecule has 1 aromatic carbocycles. The Morgan fingerprint density at radius 1 is 1.11 bits per heavy atom. The molecule has 1 aromatic heterocycles. The predicted octanol–water partition coefficient (Wildman–Crippen LogP) is 2.51. The molecule has 4 heteroatoms. The van der Waals surface area contributed by atoms with E-state index in [1.54, 1.807) is 19.5 Å². The van der Waals surface area contributed by atoms with E-state index in [0.29, 0.717) is 0 Å². The number of nitrogens with zero attached hydrogens (tertiary/aromatic N) is 3. The predicted molar refractivity (Wildman–Crippen MR) is 71.8 cm³/mol. The van der Waals surface area contributed by atoms with E-state index >= 15 is 0 Å². The molecular weight excluding hydrogens is 226 g/mol. The minimum atomic E-state index is 0.760. The number of methoxy groups -OCH3 is 1. The minimum Gasteiger partial charge on any atom is -0.497 e. The lowest BCUT2D eigenvalue weighted by Crippen LogP contribution is -2.23. The summed E-state index contributed by atoms with van der Waals surface area (Å²) in [6, 6.07) is 9.88. The number of hydrogen-bond donors (Lipinski definition) is 0. The van der Waals surface area contributed by atoms with Crippen molar-refractivity contribution < 1.29 is 4.74 Å². The lowest BCUT2D eigenvalue weighted by Gasteiger charge is -2.20. The molecule has 2 rings (SSSR count). The summed E-state index contributed by atoms with van der Waals surface area (Å²) in [7, 11) is 1.67. The normalized spacial score (nSPS) is 10.1. The van der Waals surface area contributed by atoms with Gasteiger partial charge in [0.25, 0.3) is 0 Å². The highest BCUT2D eigenvalue weighted by Crippen LogP contribution is 2.15. The van der Waals surface area contributed by atoms with Gasteiger partial charge in [-0.2, -0.15) is 0 Å². The third-order valence-corrected chi connectivity index (χ3v) is 2.75. The molecule has 4 nitrogen and oxygen atoms in total. The Labute approximate surface area is 107 Å². The molecular formula is C14H17N3O. The number of aromatic nitrogens is 2. The number of rotatable bonds is 5. The molecule has 0 N–H and O–H groups in total. The van der Waals surface area contributed by atoms with Crippen molar-refractivity contribution in [1.29, 1.82) is 0 Å². The summed E-state index contributed by atoms with van der Waals surface area (Å²) in [5, 5.41) is 0. The van der Waals surface area contributed by atoms with Crippen LogP contribution in [-0.2, 0) is 6.54 Å². The summed E-state index contributed by atoms with van der Waals surface area (Å²) in [4.78, 5) is 10.7. The smallest absolute Gasteiger partial charge is 0.225 e. The lowest BCUT2D eigenvalue weighted by molar-refractivity contribution is 0.414. The Morgan fingerprint density at radius 3 is 2.33 bits per heavy atom. The Morgan fingerprint density at radius 2 is 1.78 bits per heavy atom. The molecule has 0 atom stereocenters. The van der Waals surface area contributed by atoms with Crippen LogP contribution in [0.5, 0.6) is 5.75 Å². The Hall–Kier alpha value is -2.10. The highest BCUT2D eigenvalue weighted by Gasteiger charge is 2.07.